The number of para-hydroxylation sites is 2. The van der Waals surface area contributed by atoms with Crippen LogP contribution in [-0.4, -0.2) is 34.4 Å². The molecule has 2 heterocycles. The highest BCUT2D eigenvalue weighted by Crippen LogP contribution is 2.31. The monoisotopic (exact) mass is 434 g/mol. The van der Waals surface area contributed by atoms with Gasteiger partial charge in [-0.3, -0.25) is 0 Å². The molecular weight excluding hydrogens is 404 g/mol. The van der Waals surface area contributed by atoms with Crippen LogP contribution in [0.5, 0.6) is 17.2 Å². The Morgan fingerprint density at radius 1 is 1.16 bits per heavy atom. The maximum atomic E-state index is 5.95. The number of nitrogens with zero attached hydrogens (tertiary/aromatic N) is 4. The predicted octanol–water partition coefficient (Wildman–Crippen LogP) is 3.98. The van der Waals surface area contributed by atoms with Crippen LogP contribution in [0.15, 0.2) is 53.5 Å². The molecule has 0 fully saturated rings. The molecule has 4 rings (SSSR count). The van der Waals surface area contributed by atoms with Gasteiger partial charge >= 0.3 is 0 Å². The summed E-state index contributed by atoms with van der Waals surface area (Å²) in [6, 6.07) is 15.7. The second-order valence-electron chi connectivity index (χ2n) is 7.67. The van der Waals surface area contributed by atoms with E-state index in [-0.39, 0.29) is 6.04 Å². The summed E-state index contributed by atoms with van der Waals surface area (Å²) in [6.07, 6.45) is 2.08. The molecule has 1 atom stereocenters. The Labute approximate surface area is 188 Å². The Hall–Kier alpha value is -3.55. The first-order valence-electron chi connectivity index (χ1n) is 11.0. The molecule has 1 aromatic heterocycles. The van der Waals surface area contributed by atoms with Gasteiger partial charge in [0.2, 0.25) is 0 Å². The quantitative estimate of drug-likeness (QED) is 0.432. The van der Waals surface area contributed by atoms with Gasteiger partial charge < -0.3 is 20.1 Å². The van der Waals surface area contributed by atoms with Crippen LogP contribution in [0.25, 0.3) is 0 Å². The minimum atomic E-state index is 0.111. The summed E-state index contributed by atoms with van der Waals surface area (Å²) in [5.41, 5.74) is 1.09. The minimum Gasteiger partial charge on any atom is -0.493 e. The Morgan fingerprint density at radius 2 is 1.94 bits per heavy atom. The number of guanidine groups is 1. The average Bonchev–Trinajstić information content (AvgIpc) is 3.20. The second kappa shape index (κ2) is 10.2. The number of rotatable bonds is 7. The van der Waals surface area contributed by atoms with Gasteiger partial charge in [-0.05, 0) is 56.5 Å². The molecule has 3 aromatic rings. The number of aryl methyl sites for hydroxylation is 2. The Morgan fingerprint density at radius 3 is 2.69 bits per heavy atom. The molecule has 0 amide bonds. The van der Waals surface area contributed by atoms with E-state index in [1.165, 1.54) is 0 Å². The SMILES string of the molecule is CCNC(=NCc1ccc(Oc2ccccc2OC)cc1)NC1CCCn2nc(C)nc21. The van der Waals surface area contributed by atoms with Crippen molar-refractivity contribution in [1.82, 2.24) is 25.4 Å². The minimum absolute atomic E-state index is 0.111. The highest BCUT2D eigenvalue weighted by atomic mass is 16.5. The second-order valence-corrected chi connectivity index (χ2v) is 7.67. The zero-order valence-electron chi connectivity index (χ0n) is 18.8. The summed E-state index contributed by atoms with van der Waals surface area (Å²) in [5, 5.41) is 11.4. The van der Waals surface area contributed by atoms with Crippen LogP contribution < -0.4 is 20.1 Å². The number of ether oxygens (including phenoxy) is 2. The fourth-order valence-corrected chi connectivity index (χ4v) is 3.75. The van der Waals surface area contributed by atoms with Crippen molar-refractivity contribution in [2.24, 2.45) is 4.99 Å². The van der Waals surface area contributed by atoms with E-state index in [9.17, 15) is 0 Å². The lowest BCUT2D eigenvalue weighted by Crippen LogP contribution is -2.41. The van der Waals surface area contributed by atoms with Crippen LogP contribution in [0.2, 0.25) is 0 Å². The van der Waals surface area contributed by atoms with Crippen LogP contribution in [0, 0.1) is 6.92 Å². The lowest BCUT2D eigenvalue weighted by molar-refractivity contribution is 0.379. The number of nitrogens with one attached hydrogen (secondary N) is 2. The first-order valence-corrected chi connectivity index (χ1v) is 11.0. The summed E-state index contributed by atoms with van der Waals surface area (Å²) in [4.78, 5) is 9.38. The molecule has 168 valence electrons. The molecule has 0 saturated carbocycles. The van der Waals surface area contributed by atoms with E-state index in [0.29, 0.717) is 18.0 Å². The summed E-state index contributed by atoms with van der Waals surface area (Å²) >= 11 is 0. The number of fused-ring (bicyclic) bond motifs is 1. The van der Waals surface area contributed by atoms with Crippen LogP contribution in [0.3, 0.4) is 0 Å². The van der Waals surface area contributed by atoms with Gasteiger partial charge in [0, 0.05) is 13.1 Å². The highest BCUT2D eigenvalue weighted by Gasteiger charge is 2.24. The number of hydrogen-bond acceptors (Lipinski definition) is 5. The van der Waals surface area contributed by atoms with Crippen molar-refractivity contribution in [3.8, 4) is 17.2 Å². The molecule has 1 aliphatic rings. The number of benzene rings is 2. The average molecular weight is 435 g/mol. The normalized spacial score (nSPS) is 15.7. The molecule has 0 aliphatic carbocycles. The summed E-state index contributed by atoms with van der Waals surface area (Å²) in [7, 11) is 1.64. The topological polar surface area (TPSA) is 85.6 Å². The molecular formula is C24H30N6O2. The van der Waals surface area contributed by atoms with Gasteiger partial charge in [-0.1, -0.05) is 24.3 Å². The van der Waals surface area contributed by atoms with Crippen LogP contribution in [-0.2, 0) is 13.1 Å². The van der Waals surface area contributed by atoms with Crippen LogP contribution >= 0.6 is 0 Å². The largest absolute Gasteiger partial charge is 0.493 e. The number of aliphatic imine (C=N–C) groups is 1. The fourth-order valence-electron chi connectivity index (χ4n) is 3.75. The first-order chi connectivity index (χ1) is 15.7. The van der Waals surface area contributed by atoms with Crippen LogP contribution in [0.1, 0.15) is 43.0 Å². The zero-order valence-corrected chi connectivity index (χ0v) is 18.8. The third-order valence-electron chi connectivity index (χ3n) is 5.28. The molecule has 0 saturated heterocycles. The zero-order chi connectivity index (χ0) is 22.3. The predicted molar refractivity (Wildman–Crippen MR) is 124 cm³/mol. The van der Waals surface area contributed by atoms with Gasteiger partial charge in [0.05, 0.1) is 19.7 Å². The Bertz CT molecular complexity index is 1060. The van der Waals surface area contributed by atoms with E-state index >= 15 is 0 Å². The third kappa shape index (κ3) is 5.19. The lowest BCUT2D eigenvalue weighted by atomic mass is 10.1. The Balaban J connectivity index is 1.41. The molecule has 0 radical (unpaired) electrons. The van der Waals surface area contributed by atoms with Crippen molar-refractivity contribution in [2.45, 2.75) is 45.8 Å². The van der Waals surface area contributed by atoms with Crippen molar-refractivity contribution in [3.05, 3.63) is 65.7 Å². The lowest BCUT2D eigenvalue weighted by Gasteiger charge is -2.25. The third-order valence-corrected chi connectivity index (χ3v) is 5.28. The van der Waals surface area contributed by atoms with E-state index in [1.807, 2.05) is 60.1 Å². The van der Waals surface area contributed by atoms with Gasteiger partial charge in [-0.15, -0.1) is 0 Å². The molecule has 2 aromatic carbocycles. The van der Waals surface area contributed by atoms with Crippen molar-refractivity contribution in [1.29, 1.82) is 0 Å². The molecule has 2 N–H and O–H groups in total. The smallest absolute Gasteiger partial charge is 0.192 e. The number of hydrogen-bond donors (Lipinski definition) is 2. The maximum Gasteiger partial charge on any atom is 0.192 e. The van der Waals surface area contributed by atoms with E-state index in [1.54, 1.807) is 7.11 Å². The van der Waals surface area contributed by atoms with Gasteiger partial charge in [0.1, 0.15) is 17.4 Å². The summed E-state index contributed by atoms with van der Waals surface area (Å²) in [6.45, 7) is 6.27. The van der Waals surface area contributed by atoms with Crippen molar-refractivity contribution in [3.63, 3.8) is 0 Å². The summed E-state index contributed by atoms with van der Waals surface area (Å²) in [5.74, 6) is 4.72. The molecule has 32 heavy (non-hydrogen) atoms. The van der Waals surface area contributed by atoms with Gasteiger partial charge in [0.15, 0.2) is 17.5 Å². The molecule has 8 heteroatoms. The van der Waals surface area contributed by atoms with E-state index < -0.39 is 0 Å². The molecule has 8 nitrogen and oxygen atoms in total. The standard InChI is InChI=1S/C24H30N6O2/c1-4-25-24(28-20-8-7-15-30-23(20)27-17(2)29-30)26-16-18-11-13-19(14-12-18)32-22-10-6-5-9-21(22)31-3/h5-6,9-14,20H,4,7-8,15-16H2,1-3H3,(H2,25,26,28). The van der Waals surface area contributed by atoms with Crippen molar-refractivity contribution >= 4 is 5.96 Å². The van der Waals surface area contributed by atoms with E-state index in [4.69, 9.17) is 14.5 Å². The highest BCUT2D eigenvalue weighted by molar-refractivity contribution is 5.80. The van der Waals surface area contributed by atoms with Crippen LogP contribution in [0.4, 0.5) is 0 Å². The van der Waals surface area contributed by atoms with Crippen molar-refractivity contribution < 1.29 is 9.47 Å². The molecule has 1 aliphatic heterocycles. The maximum absolute atomic E-state index is 5.95. The molecule has 0 bridgehead atoms. The van der Waals surface area contributed by atoms with E-state index in [2.05, 4.69) is 27.6 Å². The fraction of sp³-hybridized carbons (Fsp3) is 0.375. The van der Waals surface area contributed by atoms with Crippen molar-refractivity contribution in [2.75, 3.05) is 13.7 Å². The van der Waals surface area contributed by atoms with Gasteiger partial charge in [-0.25, -0.2) is 14.7 Å². The first kappa shape index (κ1) is 21.7. The summed E-state index contributed by atoms with van der Waals surface area (Å²) < 4.78 is 13.3. The van der Waals surface area contributed by atoms with Gasteiger partial charge in [0.25, 0.3) is 0 Å². The Kier molecular flexibility index (Phi) is 6.89. The number of methoxy groups -OCH3 is 1. The molecule has 0 spiro atoms. The van der Waals surface area contributed by atoms with E-state index in [0.717, 1.165) is 54.9 Å². The van der Waals surface area contributed by atoms with Gasteiger partial charge in [-0.2, -0.15) is 5.10 Å². The number of aromatic nitrogens is 3. The molecule has 1 unspecified atom stereocenters.